The van der Waals surface area contributed by atoms with Gasteiger partial charge in [0.1, 0.15) is 0 Å². The molecule has 1 fully saturated rings. The number of ether oxygens (including phenoxy) is 2. The maximum absolute atomic E-state index is 12.4. The predicted octanol–water partition coefficient (Wildman–Crippen LogP) is 3.21. The normalized spacial score (nSPS) is 18.6. The number of hydrogen-bond acceptors (Lipinski definition) is 6. The number of thiophene rings is 2. The van der Waals surface area contributed by atoms with E-state index in [0.717, 1.165) is 9.75 Å². The second kappa shape index (κ2) is 6.24. The van der Waals surface area contributed by atoms with Gasteiger partial charge in [-0.2, -0.15) is 0 Å². The largest absolute Gasteiger partial charge is 0.463 e. The zero-order chi connectivity index (χ0) is 14.7. The highest BCUT2D eigenvalue weighted by atomic mass is 32.1. The first-order valence-corrected chi connectivity index (χ1v) is 8.16. The van der Waals surface area contributed by atoms with E-state index in [0.29, 0.717) is 18.6 Å². The van der Waals surface area contributed by atoms with Crippen LogP contribution in [-0.4, -0.2) is 24.6 Å². The van der Waals surface area contributed by atoms with Crippen LogP contribution in [0.15, 0.2) is 35.0 Å². The van der Waals surface area contributed by atoms with Crippen molar-refractivity contribution in [2.24, 2.45) is 0 Å². The molecule has 0 aliphatic carbocycles. The van der Waals surface area contributed by atoms with Crippen molar-refractivity contribution in [3.8, 4) is 0 Å². The van der Waals surface area contributed by atoms with E-state index in [1.54, 1.807) is 6.08 Å². The number of rotatable bonds is 4. The van der Waals surface area contributed by atoms with E-state index in [1.807, 2.05) is 35.0 Å². The molecule has 1 aliphatic heterocycles. The van der Waals surface area contributed by atoms with Crippen LogP contribution in [0.2, 0.25) is 0 Å². The molecule has 2 aromatic rings. The van der Waals surface area contributed by atoms with Gasteiger partial charge in [-0.1, -0.05) is 12.1 Å². The van der Waals surface area contributed by atoms with Gasteiger partial charge in [0, 0.05) is 16.2 Å². The second-order valence-corrected chi connectivity index (χ2v) is 6.33. The summed E-state index contributed by atoms with van der Waals surface area (Å²) in [6.45, 7) is 0.305. The van der Waals surface area contributed by atoms with E-state index in [-0.39, 0.29) is 0 Å². The molecule has 0 amide bonds. The van der Waals surface area contributed by atoms with Gasteiger partial charge < -0.3 is 9.47 Å². The molecule has 0 radical (unpaired) electrons. The molecule has 21 heavy (non-hydrogen) atoms. The molecule has 0 spiro atoms. The van der Waals surface area contributed by atoms with Gasteiger partial charge in [0.2, 0.25) is 6.10 Å². The molecule has 4 nitrogen and oxygen atoms in total. The molecule has 0 aromatic carbocycles. The van der Waals surface area contributed by atoms with Crippen LogP contribution < -0.4 is 0 Å². The number of carbonyl (C=O) groups is 2. The lowest BCUT2D eigenvalue weighted by atomic mass is 10.2. The number of hydrogen-bond donors (Lipinski definition) is 0. The van der Waals surface area contributed by atoms with Gasteiger partial charge in [-0.05, 0) is 29.0 Å². The predicted molar refractivity (Wildman–Crippen MR) is 82.0 cm³/mol. The topological polar surface area (TPSA) is 52.6 Å². The minimum atomic E-state index is -0.788. The SMILES string of the molecule is O=C(O[C@H]1CCOC1=O)/C(=C/c1cccs1)c1cccs1. The van der Waals surface area contributed by atoms with Gasteiger partial charge in [0.25, 0.3) is 0 Å². The standard InChI is InChI=1S/C15H12O4S2/c16-14(19-12-5-6-18-15(12)17)11(13-4-2-8-21-13)9-10-3-1-7-20-10/h1-4,7-9,12H,5-6H2/b11-9+/t12-/m0/s1. The van der Waals surface area contributed by atoms with Crippen LogP contribution in [0, 0.1) is 0 Å². The zero-order valence-electron chi connectivity index (χ0n) is 11.0. The molecule has 3 rings (SSSR count). The summed E-state index contributed by atoms with van der Waals surface area (Å²) in [6, 6.07) is 7.58. The maximum atomic E-state index is 12.4. The highest BCUT2D eigenvalue weighted by Gasteiger charge is 2.31. The smallest absolute Gasteiger partial charge is 0.347 e. The van der Waals surface area contributed by atoms with Gasteiger partial charge in [0.15, 0.2) is 0 Å². The van der Waals surface area contributed by atoms with Gasteiger partial charge >= 0.3 is 11.9 Å². The lowest BCUT2D eigenvalue weighted by Crippen LogP contribution is -2.23. The molecule has 3 heterocycles. The molecule has 0 N–H and O–H groups in total. The molecule has 1 aliphatic rings. The highest BCUT2D eigenvalue weighted by Crippen LogP contribution is 2.27. The summed E-state index contributed by atoms with van der Waals surface area (Å²) in [7, 11) is 0. The third kappa shape index (κ3) is 3.22. The molecule has 2 aromatic heterocycles. The zero-order valence-corrected chi connectivity index (χ0v) is 12.6. The summed E-state index contributed by atoms with van der Waals surface area (Å²) in [4.78, 5) is 25.6. The number of carbonyl (C=O) groups excluding carboxylic acids is 2. The first kappa shape index (κ1) is 14.0. The van der Waals surface area contributed by atoms with Crippen molar-refractivity contribution in [2.75, 3.05) is 6.61 Å². The Morgan fingerprint density at radius 1 is 1.29 bits per heavy atom. The fourth-order valence-corrected chi connectivity index (χ4v) is 3.34. The van der Waals surface area contributed by atoms with Crippen LogP contribution in [0.1, 0.15) is 16.2 Å². The minimum Gasteiger partial charge on any atom is -0.463 e. The molecule has 0 saturated carbocycles. The summed E-state index contributed by atoms with van der Waals surface area (Å²) in [5.74, 6) is -0.959. The van der Waals surface area contributed by atoms with E-state index in [9.17, 15) is 9.59 Å². The third-order valence-electron chi connectivity index (χ3n) is 2.97. The van der Waals surface area contributed by atoms with E-state index >= 15 is 0 Å². The van der Waals surface area contributed by atoms with E-state index in [4.69, 9.17) is 9.47 Å². The van der Waals surface area contributed by atoms with Crippen LogP contribution in [0.4, 0.5) is 0 Å². The van der Waals surface area contributed by atoms with Crippen molar-refractivity contribution < 1.29 is 19.1 Å². The Bertz CT molecular complexity index is 656. The van der Waals surface area contributed by atoms with Crippen molar-refractivity contribution in [1.29, 1.82) is 0 Å². The Balaban J connectivity index is 1.85. The second-order valence-electron chi connectivity index (χ2n) is 4.40. The maximum Gasteiger partial charge on any atom is 0.347 e. The molecule has 6 heteroatoms. The lowest BCUT2D eigenvalue weighted by Gasteiger charge is -2.10. The highest BCUT2D eigenvalue weighted by molar-refractivity contribution is 7.12. The summed E-state index contributed by atoms with van der Waals surface area (Å²) < 4.78 is 10.1. The molecule has 108 valence electrons. The Hall–Kier alpha value is -1.92. The molecule has 1 atom stereocenters. The molecular formula is C15H12O4S2. The van der Waals surface area contributed by atoms with Crippen molar-refractivity contribution in [3.63, 3.8) is 0 Å². The van der Waals surface area contributed by atoms with Gasteiger partial charge in [-0.25, -0.2) is 9.59 Å². The van der Waals surface area contributed by atoms with Crippen LogP contribution in [0.25, 0.3) is 11.6 Å². The average molecular weight is 320 g/mol. The first-order chi connectivity index (χ1) is 10.2. The molecule has 0 bridgehead atoms. The minimum absolute atomic E-state index is 0.305. The quantitative estimate of drug-likeness (QED) is 0.641. The number of esters is 2. The average Bonchev–Trinajstić information content (AvgIpc) is 3.19. The van der Waals surface area contributed by atoms with Crippen molar-refractivity contribution in [1.82, 2.24) is 0 Å². The third-order valence-corrected chi connectivity index (χ3v) is 4.70. The van der Waals surface area contributed by atoms with Crippen LogP contribution in [-0.2, 0) is 19.1 Å². The van der Waals surface area contributed by atoms with Crippen LogP contribution in [0.5, 0.6) is 0 Å². The summed E-state index contributed by atoms with van der Waals surface area (Å²) >= 11 is 3.00. The van der Waals surface area contributed by atoms with Crippen molar-refractivity contribution >= 4 is 46.3 Å². The van der Waals surface area contributed by atoms with Crippen LogP contribution in [0.3, 0.4) is 0 Å². The van der Waals surface area contributed by atoms with E-state index < -0.39 is 18.0 Å². The van der Waals surface area contributed by atoms with Crippen LogP contribution >= 0.6 is 22.7 Å². The van der Waals surface area contributed by atoms with Crippen molar-refractivity contribution in [3.05, 3.63) is 44.8 Å². The molecule has 0 unspecified atom stereocenters. The first-order valence-electron chi connectivity index (χ1n) is 6.41. The Morgan fingerprint density at radius 2 is 2.10 bits per heavy atom. The Kier molecular flexibility index (Phi) is 4.17. The summed E-state index contributed by atoms with van der Waals surface area (Å²) in [5, 5.41) is 3.84. The fourth-order valence-electron chi connectivity index (χ4n) is 1.96. The number of cyclic esters (lactones) is 1. The van der Waals surface area contributed by atoms with E-state index in [2.05, 4.69) is 0 Å². The van der Waals surface area contributed by atoms with Crippen molar-refractivity contribution in [2.45, 2.75) is 12.5 Å². The monoisotopic (exact) mass is 320 g/mol. The van der Waals surface area contributed by atoms with Gasteiger partial charge in [-0.15, -0.1) is 22.7 Å². The summed E-state index contributed by atoms with van der Waals surface area (Å²) in [6.07, 6.45) is 1.42. The Labute approximate surface area is 129 Å². The molecule has 1 saturated heterocycles. The molecular weight excluding hydrogens is 308 g/mol. The van der Waals surface area contributed by atoms with Gasteiger partial charge in [-0.3, -0.25) is 0 Å². The van der Waals surface area contributed by atoms with E-state index in [1.165, 1.54) is 22.7 Å². The fraction of sp³-hybridized carbons (Fsp3) is 0.200. The Morgan fingerprint density at radius 3 is 2.71 bits per heavy atom. The van der Waals surface area contributed by atoms with Gasteiger partial charge in [0.05, 0.1) is 12.2 Å². The summed E-state index contributed by atoms with van der Waals surface area (Å²) in [5.41, 5.74) is 0.465. The lowest BCUT2D eigenvalue weighted by molar-refractivity contribution is -0.156.